The highest BCUT2D eigenvalue weighted by molar-refractivity contribution is 5.42. The lowest BCUT2D eigenvalue weighted by molar-refractivity contribution is 0.354. The summed E-state index contributed by atoms with van der Waals surface area (Å²) in [5.74, 6) is 2.46. The molecule has 0 spiro atoms. The maximum absolute atomic E-state index is 5.35. The van der Waals surface area contributed by atoms with Gasteiger partial charge in [0.25, 0.3) is 0 Å². The Hall–Kier alpha value is -2.20. The fourth-order valence-electron chi connectivity index (χ4n) is 2.78. The van der Waals surface area contributed by atoms with E-state index in [1.165, 1.54) is 11.1 Å². The van der Waals surface area contributed by atoms with E-state index >= 15 is 0 Å². The van der Waals surface area contributed by atoms with Crippen molar-refractivity contribution >= 4 is 0 Å². The molecule has 0 aromatic heterocycles. The molecule has 0 fully saturated rings. The molecule has 4 heteroatoms. The number of aryl methyl sites for hydroxylation is 1. The van der Waals surface area contributed by atoms with Crippen molar-refractivity contribution in [3.8, 4) is 17.2 Å². The zero-order chi connectivity index (χ0) is 18.1. The lowest BCUT2D eigenvalue weighted by Crippen LogP contribution is -2.28. The van der Waals surface area contributed by atoms with E-state index in [-0.39, 0.29) is 0 Å². The van der Waals surface area contributed by atoms with E-state index in [9.17, 15) is 0 Å². The van der Waals surface area contributed by atoms with Crippen LogP contribution in [0.1, 0.15) is 24.5 Å². The van der Waals surface area contributed by atoms with Crippen molar-refractivity contribution in [1.82, 2.24) is 5.32 Å². The molecule has 0 saturated carbocycles. The Kier molecular flexibility index (Phi) is 7.61. The molecule has 2 rings (SSSR count). The summed E-state index contributed by atoms with van der Waals surface area (Å²) < 4.78 is 15.8. The quantitative estimate of drug-likeness (QED) is 0.711. The molecule has 1 N–H and O–H groups in total. The van der Waals surface area contributed by atoms with Gasteiger partial charge in [-0.05, 0) is 68.1 Å². The van der Waals surface area contributed by atoms with Crippen LogP contribution in [0, 0.1) is 0 Å². The predicted molar refractivity (Wildman–Crippen MR) is 102 cm³/mol. The largest absolute Gasteiger partial charge is 0.497 e. The van der Waals surface area contributed by atoms with Crippen LogP contribution < -0.4 is 19.5 Å². The summed E-state index contributed by atoms with van der Waals surface area (Å²) >= 11 is 0. The standard InChI is InChI=1S/C21H29NO3/c1-16(5-6-17-7-10-19(23-2)11-8-17)22-14-13-18-9-12-20(24-3)21(15-18)25-4/h7-12,15-16,22H,5-6,13-14H2,1-4H3/t16-/m0/s1. The van der Waals surface area contributed by atoms with Crippen molar-refractivity contribution in [2.45, 2.75) is 32.2 Å². The van der Waals surface area contributed by atoms with Gasteiger partial charge in [-0.2, -0.15) is 0 Å². The van der Waals surface area contributed by atoms with E-state index in [4.69, 9.17) is 14.2 Å². The van der Waals surface area contributed by atoms with Crippen molar-refractivity contribution in [3.63, 3.8) is 0 Å². The first-order chi connectivity index (χ1) is 12.2. The summed E-state index contributed by atoms with van der Waals surface area (Å²) in [6, 6.07) is 14.9. The van der Waals surface area contributed by atoms with Crippen molar-refractivity contribution in [2.24, 2.45) is 0 Å². The third-order valence-corrected chi connectivity index (χ3v) is 4.38. The Morgan fingerprint density at radius 2 is 1.48 bits per heavy atom. The monoisotopic (exact) mass is 343 g/mol. The minimum absolute atomic E-state index is 0.474. The van der Waals surface area contributed by atoms with Crippen molar-refractivity contribution < 1.29 is 14.2 Å². The third kappa shape index (κ3) is 5.98. The number of benzene rings is 2. The van der Waals surface area contributed by atoms with E-state index in [1.807, 2.05) is 24.3 Å². The van der Waals surface area contributed by atoms with Crippen LogP contribution in [0.5, 0.6) is 17.2 Å². The fraction of sp³-hybridized carbons (Fsp3) is 0.429. The van der Waals surface area contributed by atoms with Crippen LogP contribution in [0.15, 0.2) is 42.5 Å². The Morgan fingerprint density at radius 1 is 0.800 bits per heavy atom. The molecule has 25 heavy (non-hydrogen) atoms. The fourth-order valence-corrected chi connectivity index (χ4v) is 2.78. The molecule has 4 nitrogen and oxygen atoms in total. The molecule has 0 aliphatic heterocycles. The van der Waals surface area contributed by atoms with Crippen LogP contribution in [0.25, 0.3) is 0 Å². The molecule has 0 saturated heterocycles. The molecular weight excluding hydrogens is 314 g/mol. The number of hydrogen-bond donors (Lipinski definition) is 1. The molecule has 0 aliphatic carbocycles. The van der Waals surface area contributed by atoms with Crippen LogP contribution in [0.4, 0.5) is 0 Å². The van der Waals surface area contributed by atoms with Crippen LogP contribution in [0.3, 0.4) is 0 Å². The molecule has 0 radical (unpaired) electrons. The molecule has 2 aromatic carbocycles. The smallest absolute Gasteiger partial charge is 0.160 e. The average Bonchev–Trinajstić information content (AvgIpc) is 2.66. The average molecular weight is 343 g/mol. The van der Waals surface area contributed by atoms with Crippen molar-refractivity contribution in [2.75, 3.05) is 27.9 Å². The Labute approximate surface area is 151 Å². The SMILES string of the molecule is COc1ccc(CC[C@H](C)NCCc2ccc(OC)c(OC)c2)cc1. The zero-order valence-electron chi connectivity index (χ0n) is 15.7. The summed E-state index contributed by atoms with van der Waals surface area (Å²) in [7, 11) is 5.02. The maximum Gasteiger partial charge on any atom is 0.160 e. The minimum Gasteiger partial charge on any atom is -0.497 e. The second kappa shape index (κ2) is 9.94. The summed E-state index contributed by atoms with van der Waals surface area (Å²) in [6.45, 7) is 3.18. The van der Waals surface area contributed by atoms with Gasteiger partial charge in [-0.15, -0.1) is 0 Å². The number of hydrogen-bond acceptors (Lipinski definition) is 4. The van der Waals surface area contributed by atoms with Crippen LogP contribution in [0.2, 0.25) is 0 Å². The Balaban J connectivity index is 1.73. The van der Waals surface area contributed by atoms with Crippen LogP contribution in [-0.4, -0.2) is 33.9 Å². The molecular formula is C21H29NO3. The molecule has 2 aromatic rings. The van der Waals surface area contributed by atoms with Crippen molar-refractivity contribution in [3.05, 3.63) is 53.6 Å². The highest BCUT2D eigenvalue weighted by Crippen LogP contribution is 2.27. The van der Waals surface area contributed by atoms with E-state index in [0.717, 1.165) is 43.1 Å². The van der Waals surface area contributed by atoms with Gasteiger partial charge in [-0.1, -0.05) is 18.2 Å². The molecule has 0 amide bonds. The molecule has 0 bridgehead atoms. The van der Waals surface area contributed by atoms with Crippen molar-refractivity contribution in [1.29, 1.82) is 0 Å². The normalized spacial score (nSPS) is 11.8. The molecule has 136 valence electrons. The van der Waals surface area contributed by atoms with Gasteiger partial charge < -0.3 is 19.5 Å². The second-order valence-corrected chi connectivity index (χ2v) is 6.18. The molecule has 1 atom stereocenters. The third-order valence-electron chi connectivity index (χ3n) is 4.38. The first kappa shape index (κ1) is 19.1. The number of rotatable bonds is 10. The first-order valence-electron chi connectivity index (χ1n) is 8.73. The van der Waals surface area contributed by atoms with Crippen LogP contribution in [-0.2, 0) is 12.8 Å². The minimum atomic E-state index is 0.474. The molecule has 0 aliphatic rings. The van der Waals surface area contributed by atoms with Gasteiger partial charge in [0.15, 0.2) is 11.5 Å². The van der Waals surface area contributed by atoms with Gasteiger partial charge in [0, 0.05) is 6.04 Å². The number of ether oxygens (including phenoxy) is 3. The molecule has 0 heterocycles. The summed E-state index contributed by atoms with van der Waals surface area (Å²) in [4.78, 5) is 0. The Morgan fingerprint density at radius 3 is 2.12 bits per heavy atom. The van der Waals surface area contributed by atoms with Gasteiger partial charge in [-0.25, -0.2) is 0 Å². The summed E-state index contributed by atoms with van der Waals surface area (Å²) in [5.41, 5.74) is 2.59. The topological polar surface area (TPSA) is 39.7 Å². The lowest BCUT2D eigenvalue weighted by atomic mass is 10.1. The van der Waals surface area contributed by atoms with Crippen LogP contribution >= 0.6 is 0 Å². The first-order valence-corrected chi connectivity index (χ1v) is 8.73. The zero-order valence-corrected chi connectivity index (χ0v) is 15.7. The Bertz CT molecular complexity index is 640. The highest BCUT2D eigenvalue weighted by atomic mass is 16.5. The highest BCUT2D eigenvalue weighted by Gasteiger charge is 2.06. The van der Waals surface area contributed by atoms with E-state index < -0.39 is 0 Å². The lowest BCUT2D eigenvalue weighted by Gasteiger charge is -2.15. The van der Waals surface area contributed by atoms with Gasteiger partial charge in [0.1, 0.15) is 5.75 Å². The van der Waals surface area contributed by atoms with E-state index in [0.29, 0.717) is 6.04 Å². The van der Waals surface area contributed by atoms with Gasteiger partial charge in [0.2, 0.25) is 0 Å². The van der Waals surface area contributed by atoms with E-state index in [2.05, 4.69) is 30.4 Å². The second-order valence-electron chi connectivity index (χ2n) is 6.18. The maximum atomic E-state index is 5.35. The molecule has 0 unspecified atom stereocenters. The number of methoxy groups -OCH3 is 3. The summed E-state index contributed by atoms with van der Waals surface area (Å²) in [5, 5.41) is 3.59. The predicted octanol–water partition coefficient (Wildman–Crippen LogP) is 3.87. The van der Waals surface area contributed by atoms with E-state index in [1.54, 1.807) is 21.3 Å². The van der Waals surface area contributed by atoms with Gasteiger partial charge in [0.05, 0.1) is 21.3 Å². The van der Waals surface area contributed by atoms with Gasteiger partial charge >= 0.3 is 0 Å². The van der Waals surface area contributed by atoms with Gasteiger partial charge in [-0.3, -0.25) is 0 Å². The number of nitrogens with one attached hydrogen (secondary N) is 1. The summed E-state index contributed by atoms with van der Waals surface area (Å²) in [6.07, 6.45) is 3.14.